The van der Waals surface area contributed by atoms with Gasteiger partial charge in [0, 0.05) is 12.0 Å². The summed E-state index contributed by atoms with van der Waals surface area (Å²) in [6.45, 7) is 2.06. The third-order valence-electron chi connectivity index (χ3n) is 2.49. The molecule has 1 N–H and O–H groups in total. The molecule has 0 saturated carbocycles. The van der Waals surface area contributed by atoms with E-state index in [4.69, 9.17) is 0 Å². The maximum absolute atomic E-state index is 9.85. The van der Waals surface area contributed by atoms with E-state index >= 15 is 0 Å². The second-order valence-corrected chi connectivity index (χ2v) is 3.78. The van der Waals surface area contributed by atoms with Gasteiger partial charge < -0.3 is 5.11 Å². The van der Waals surface area contributed by atoms with Crippen molar-refractivity contribution in [2.24, 2.45) is 0 Å². The SMILES string of the molecule is Cc1ccc(CC(O)=C2C=CC=C2)cc1. The number of aliphatic hydroxyl groups is 1. The molecule has 1 aromatic carbocycles. The molecule has 0 bridgehead atoms. The summed E-state index contributed by atoms with van der Waals surface area (Å²) in [6, 6.07) is 8.23. The van der Waals surface area contributed by atoms with Crippen LogP contribution in [0, 0.1) is 6.92 Å². The van der Waals surface area contributed by atoms with E-state index in [2.05, 4.69) is 31.2 Å². The third-order valence-corrected chi connectivity index (χ3v) is 2.49. The van der Waals surface area contributed by atoms with E-state index in [-0.39, 0.29) is 0 Å². The predicted octanol–water partition coefficient (Wildman–Crippen LogP) is 3.48. The monoisotopic (exact) mass is 198 g/mol. The van der Waals surface area contributed by atoms with Crippen LogP contribution in [0.15, 0.2) is 59.9 Å². The highest BCUT2D eigenvalue weighted by atomic mass is 16.3. The molecular formula is C14H14O. The van der Waals surface area contributed by atoms with Crippen LogP contribution in [0.25, 0.3) is 0 Å². The van der Waals surface area contributed by atoms with Crippen molar-refractivity contribution in [3.8, 4) is 0 Å². The average molecular weight is 198 g/mol. The molecule has 0 atom stereocenters. The van der Waals surface area contributed by atoms with Crippen molar-refractivity contribution < 1.29 is 5.11 Å². The van der Waals surface area contributed by atoms with Gasteiger partial charge in [0.15, 0.2) is 0 Å². The summed E-state index contributed by atoms with van der Waals surface area (Å²) in [4.78, 5) is 0. The normalized spacial score (nSPS) is 13.5. The fraction of sp³-hybridized carbons (Fsp3) is 0.143. The summed E-state index contributed by atoms with van der Waals surface area (Å²) in [5.74, 6) is 0.434. The molecule has 0 unspecified atom stereocenters. The molecule has 76 valence electrons. The summed E-state index contributed by atoms with van der Waals surface area (Å²) < 4.78 is 0. The van der Waals surface area contributed by atoms with Gasteiger partial charge in [-0.1, -0.05) is 54.1 Å². The van der Waals surface area contributed by atoms with Crippen LogP contribution in [-0.2, 0) is 6.42 Å². The molecule has 0 spiro atoms. The van der Waals surface area contributed by atoms with Gasteiger partial charge in [0.2, 0.25) is 0 Å². The number of allylic oxidation sites excluding steroid dienone is 6. The van der Waals surface area contributed by atoms with Crippen LogP contribution in [0.4, 0.5) is 0 Å². The molecule has 0 radical (unpaired) electrons. The van der Waals surface area contributed by atoms with Crippen molar-refractivity contribution in [1.82, 2.24) is 0 Å². The first kappa shape index (κ1) is 9.78. The number of benzene rings is 1. The molecule has 1 aromatic rings. The standard InChI is InChI=1S/C14H14O/c1-11-6-8-12(9-7-11)10-14(15)13-4-2-3-5-13/h2-9,15H,10H2,1H3. The largest absolute Gasteiger partial charge is 0.511 e. The van der Waals surface area contributed by atoms with Crippen LogP contribution in [0.3, 0.4) is 0 Å². The Balaban J connectivity index is 2.15. The van der Waals surface area contributed by atoms with E-state index < -0.39 is 0 Å². The predicted molar refractivity (Wildman–Crippen MR) is 62.8 cm³/mol. The molecule has 0 heterocycles. The lowest BCUT2D eigenvalue weighted by atomic mass is 10.1. The number of rotatable bonds is 2. The Hall–Kier alpha value is -1.76. The molecule has 0 saturated heterocycles. The summed E-state index contributed by atoms with van der Waals surface area (Å²) in [5, 5.41) is 9.85. The Labute approximate surface area is 90.1 Å². The number of hydrogen-bond acceptors (Lipinski definition) is 1. The molecule has 0 fully saturated rings. The highest BCUT2D eigenvalue weighted by Crippen LogP contribution is 2.15. The number of aryl methyl sites for hydroxylation is 1. The lowest BCUT2D eigenvalue weighted by Crippen LogP contribution is -1.92. The summed E-state index contributed by atoms with van der Waals surface area (Å²) in [5.41, 5.74) is 3.29. The Kier molecular flexibility index (Phi) is 2.72. The van der Waals surface area contributed by atoms with Crippen LogP contribution >= 0.6 is 0 Å². The average Bonchev–Trinajstić information content (AvgIpc) is 2.74. The minimum absolute atomic E-state index is 0.434. The van der Waals surface area contributed by atoms with E-state index in [0.29, 0.717) is 12.2 Å². The Morgan fingerprint density at radius 2 is 1.67 bits per heavy atom. The molecule has 0 aromatic heterocycles. The van der Waals surface area contributed by atoms with E-state index in [1.807, 2.05) is 24.3 Å². The summed E-state index contributed by atoms with van der Waals surface area (Å²) >= 11 is 0. The zero-order chi connectivity index (χ0) is 10.7. The minimum atomic E-state index is 0.434. The van der Waals surface area contributed by atoms with Crippen LogP contribution in [0.1, 0.15) is 11.1 Å². The van der Waals surface area contributed by atoms with Crippen molar-refractivity contribution in [1.29, 1.82) is 0 Å². The zero-order valence-electron chi connectivity index (χ0n) is 8.77. The van der Waals surface area contributed by atoms with Gasteiger partial charge in [-0.25, -0.2) is 0 Å². The van der Waals surface area contributed by atoms with Gasteiger partial charge in [-0.05, 0) is 12.5 Å². The maximum Gasteiger partial charge on any atom is 0.104 e. The van der Waals surface area contributed by atoms with Crippen molar-refractivity contribution in [2.75, 3.05) is 0 Å². The van der Waals surface area contributed by atoms with Gasteiger partial charge in [0.25, 0.3) is 0 Å². The van der Waals surface area contributed by atoms with Crippen LogP contribution in [0.5, 0.6) is 0 Å². The molecule has 0 amide bonds. The van der Waals surface area contributed by atoms with E-state index in [1.165, 1.54) is 5.56 Å². The Bertz CT molecular complexity index is 419. The highest BCUT2D eigenvalue weighted by molar-refractivity contribution is 5.42. The second kappa shape index (κ2) is 4.18. The quantitative estimate of drug-likeness (QED) is 0.721. The second-order valence-electron chi connectivity index (χ2n) is 3.78. The molecule has 15 heavy (non-hydrogen) atoms. The number of hydrogen-bond donors (Lipinski definition) is 1. The molecular weight excluding hydrogens is 184 g/mol. The lowest BCUT2D eigenvalue weighted by Gasteiger charge is -2.03. The van der Waals surface area contributed by atoms with Gasteiger partial charge in [-0.2, -0.15) is 0 Å². The number of aliphatic hydroxyl groups excluding tert-OH is 1. The fourth-order valence-electron chi connectivity index (χ4n) is 1.57. The molecule has 2 rings (SSSR count). The van der Waals surface area contributed by atoms with Gasteiger partial charge in [0.05, 0.1) is 0 Å². The molecule has 1 heteroatoms. The highest BCUT2D eigenvalue weighted by Gasteiger charge is 2.03. The fourth-order valence-corrected chi connectivity index (χ4v) is 1.57. The molecule has 1 aliphatic carbocycles. The van der Waals surface area contributed by atoms with Crippen LogP contribution in [0.2, 0.25) is 0 Å². The maximum atomic E-state index is 9.85. The summed E-state index contributed by atoms with van der Waals surface area (Å²) in [6.07, 6.45) is 8.30. The Morgan fingerprint density at radius 3 is 2.27 bits per heavy atom. The van der Waals surface area contributed by atoms with E-state index in [9.17, 15) is 5.11 Å². The molecule has 1 nitrogen and oxygen atoms in total. The van der Waals surface area contributed by atoms with Gasteiger partial charge in [-0.15, -0.1) is 0 Å². The van der Waals surface area contributed by atoms with Crippen molar-refractivity contribution in [3.05, 3.63) is 71.0 Å². The first-order chi connectivity index (χ1) is 7.25. The Morgan fingerprint density at radius 1 is 1.07 bits per heavy atom. The van der Waals surface area contributed by atoms with Crippen LogP contribution in [-0.4, -0.2) is 5.11 Å². The van der Waals surface area contributed by atoms with Crippen molar-refractivity contribution in [2.45, 2.75) is 13.3 Å². The van der Waals surface area contributed by atoms with E-state index in [1.54, 1.807) is 0 Å². The van der Waals surface area contributed by atoms with E-state index in [0.717, 1.165) is 11.1 Å². The van der Waals surface area contributed by atoms with Gasteiger partial charge >= 0.3 is 0 Å². The van der Waals surface area contributed by atoms with Crippen molar-refractivity contribution >= 4 is 0 Å². The first-order valence-corrected chi connectivity index (χ1v) is 5.08. The molecule has 1 aliphatic rings. The topological polar surface area (TPSA) is 20.2 Å². The summed E-state index contributed by atoms with van der Waals surface area (Å²) in [7, 11) is 0. The lowest BCUT2D eigenvalue weighted by molar-refractivity contribution is 0.395. The smallest absolute Gasteiger partial charge is 0.104 e. The van der Waals surface area contributed by atoms with Gasteiger partial charge in [0.1, 0.15) is 5.76 Å². The van der Waals surface area contributed by atoms with Gasteiger partial charge in [-0.3, -0.25) is 0 Å². The van der Waals surface area contributed by atoms with Crippen LogP contribution < -0.4 is 0 Å². The molecule has 0 aliphatic heterocycles. The minimum Gasteiger partial charge on any atom is -0.511 e. The first-order valence-electron chi connectivity index (χ1n) is 5.08. The van der Waals surface area contributed by atoms with Crippen molar-refractivity contribution in [3.63, 3.8) is 0 Å². The zero-order valence-corrected chi connectivity index (χ0v) is 8.77. The third kappa shape index (κ3) is 2.38.